The molecule has 0 aromatic heterocycles. The Labute approximate surface area is 82.1 Å². The van der Waals surface area contributed by atoms with E-state index in [2.05, 4.69) is 5.32 Å². The van der Waals surface area contributed by atoms with Crippen molar-refractivity contribution in [3.63, 3.8) is 0 Å². The molecule has 14 heavy (non-hydrogen) atoms. The summed E-state index contributed by atoms with van der Waals surface area (Å²) >= 11 is 0. The summed E-state index contributed by atoms with van der Waals surface area (Å²) in [5, 5.41) is 2.67. The van der Waals surface area contributed by atoms with Gasteiger partial charge in [-0.25, -0.2) is 8.78 Å². The van der Waals surface area contributed by atoms with E-state index in [1.165, 1.54) is 0 Å². The van der Waals surface area contributed by atoms with E-state index >= 15 is 0 Å². The normalized spacial score (nSPS) is 10.8. The highest BCUT2D eigenvalue weighted by molar-refractivity contribution is 5.39. The van der Waals surface area contributed by atoms with E-state index in [1.54, 1.807) is 0 Å². The molecule has 1 aromatic rings. The number of nitrogens with two attached hydrogens (primary N) is 1. The molecular formula is C10H14F2N2. The van der Waals surface area contributed by atoms with E-state index in [0.717, 1.165) is 12.0 Å². The molecule has 0 bridgehead atoms. The van der Waals surface area contributed by atoms with Crippen LogP contribution in [0, 0.1) is 0 Å². The fraction of sp³-hybridized carbons (Fsp3) is 0.400. The first-order valence-electron chi connectivity index (χ1n) is 4.52. The maximum atomic E-state index is 11.7. The maximum Gasteiger partial charge on any atom is 0.250 e. The minimum Gasteiger partial charge on any atom is -0.399 e. The second-order valence-corrected chi connectivity index (χ2v) is 3.09. The van der Waals surface area contributed by atoms with Gasteiger partial charge in [0.15, 0.2) is 0 Å². The van der Waals surface area contributed by atoms with Gasteiger partial charge in [-0.2, -0.15) is 0 Å². The van der Waals surface area contributed by atoms with Crippen LogP contribution < -0.4 is 11.1 Å². The zero-order valence-electron chi connectivity index (χ0n) is 7.84. The summed E-state index contributed by atoms with van der Waals surface area (Å²) in [5.74, 6) is 0. The van der Waals surface area contributed by atoms with Gasteiger partial charge in [-0.1, -0.05) is 12.1 Å². The number of anilines is 1. The fourth-order valence-electron chi connectivity index (χ4n) is 1.13. The number of hydrogen-bond acceptors (Lipinski definition) is 2. The average Bonchev–Trinajstić information content (AvgIpc) is 2.15. The molecule has 0 spiro atoms. The van der Waals surface area contributed by atoms with Gasteiger partial charge in [0.2, 0.25) is 0 Å². The van der Waals surface area contributed by atoms with Gasteiger partial charge in [-0.15, -0.1) is 0 Å². The lowest BCUT2D eigenvalue weighted by Gasteiger charge is -2.04. The highest BCUT2D eigenvalue weighted by atomic mass is 19.3. The second-order valence-electron chi connectivity index (χ2n) is 3.09. The molecule has 2 nitrogen and oxygen atoms in total. The lowest BCUT2D eigenvalue weighted by Crippen LogP contribution is -2.23. The molecule has 3 N–H and O–H groups in total. The Balaban J connectivity index is 2.21. The summed E-state index contributed by atoms with van der Waals surface area (Å²) in [4.78, 5) is 0. The van der Waals surface area contributed by atoms with E-state index < -0.39 is 6.43 Å². The number of alkyl halides is 2. The first kappa shape index (κ1) is 10.9. The second kappa shape index (κ2) is 5.54. The van der Waals surface area contributed by atoms with E-state index in [-0.39, 0.29) is 6.54 Å². The molecular weight excluding hydrogens is 186 g/mol. The Hall–Kier alpha value is -1.16. The highest BCUT2D eigenvalue weighted by Gasteiger charge is 2.00. The molecule has 4 heteroatoms. The zero-order chi connectivity index (χ0) is 10.4. The SMILES string of the molecule is Nc1ccc(CCNCC(F)F)cc1. The molecule has 0 atom stereocenters. The lowest BCUT2D eigenvalue weighted by atomic mass is 10.1. The van der Waals surface area contributed by atoms with Gasteiger partial charge >= 0.3 is 0 Å². The van der Waals surface area contributed by atoms with Crippen LogP contribution in [-0.2, 0) is 6.42 Å². The maximum absolute atomic E-state index is 11.7. The minimum atomic E-state index is -2.28. The van der Waals surface area contributed by atoms with Crippen LogP contribution in [0.1, 0.15) is 5.56 Å². The first-order chi connectivity index (χ1) is 6.68. The molecule has 0 fully saturated rings. The van der Waals surface area contributed by atoms with Crippen molar-refractivity contribution in [3.8, 4) is 0 Å². The van der Waals surface area contributed by atoms with Gasteiger partial charge in [0.25, 0.3) is 6.43 Å². The summed E-state index contributed by atoms with van der Waals surface area (Å²) in [7, 11) is 0. The molecule has 0 radical (unpaired) electrons. The topological polar surface area (TPSA) is 38.0 Å². The van der Waals surface area contributed by atoms with Crippen molar-refractivity contribution in [3.05, 3.63) is 29.8 Å². The standard InChI is InChI=1S/C10H14F2N2/c11-10(12)7-14-6-5-8-1-3-9(13)4-2-8/h1-4,10,14H,5-7,13H2. The Morgan fingerprint density at radius 1 is 1.21 bits per heavy atom. The van der Waals surface area contributed by atoms with Gasteiger partial charge < -0.3 is 11.1 Å². The fourth-order valence-corrected chi connectivity index (χ4v) is 1.13. The van der Waals surface area contributed by atoms with E-state index in [9.17, 15) is 8.78 Å². The molecule has 1 rings (SSSR count). The van der Waals surface area contributed by atoms with Gasteiger partial charge in [-0.3, -0.25) is 0 Å². The Kier molecular flexibility index (Phi) is 4.32. The van der Waals surface area contributed by atoms with Crippen molar-refractivity contribution in [1.82, 2.24) is 5.32 Å². The molecule has 0 aliphatic rings. The molecule has 0 aliphatic carbocycles. The highest BCUT2D eigenvalue weighted by Crippen LogP contribution is 2.05. The number of hydrogen-bond donors (Lipinski definition) is 2. The van der Waals surface area contributed by atoms with Crippen LogP contribution in [0.2, 0.25) is 0 Å². The number of benzene rings is 1. The Morgan fingerprint density at radius 3 is 2.43 bits per heavy atom. The van der Waals surface area contributed by atoms with Gasteiger partial charge in [0.05, 0.1) is 6.54 Å². The summed E-state index contributed by atoms with van der Waals surface area (Å²) in [6, 6.07) is 7.42. The van der Waals surface area contributed by atoms with E-state index in [4.69, 9.17) is 5.73 Å². The smallest absolute Gasteiger partial charge is 0.250 e. The van der Waals surface area contributed by atoms with Crippen LogP contribution in [0.25, 0.3) is 0 Å². The molecule has 0 saturated heterocycles. The van der Waals surface area contributed by atoms with Crippen LogP contribution in [0.3, 0.4) is 0 Å². The molecule has 0 saturated carbocycles. The molecule has 1 aromatic carbocycles. The summed E-state index contributed by atoms with van der Waals surface area (Å²) in [6.07, 6.45) is -1.53. The number of halogens is 2. The predicted octanol–water partition coefficient (Wildman–Crippen LogP) is 1.67. The van der Waals surface area contributed by atoms with Crippen molar-refractivity contribution in [2.24, 2.45) is 0 Å². The van der Waals surface area contributed by atoms with Crippen LogP contribution in [0.15, 0.2) is 24.3 Å². The molecule has 0 aliphatic heterocycles. The molecule has 0 heterocycles. The Morgan fingerprint density at radius 2 is 1.86 bits per heavy atom. The monoisotopic (exact) mass is 200 g/mol. The third-order valence-electron chi connectivity index (χ3n) is 1.87. The van der Waals surface area contributed by atoms with Crippen LogP contribution >= 0.6 is 0 Å². The third kappa shape index (κ3) is 4.18. The summed E-state index contributed by atoms with van der Waals surface area (Å²) in [5.41, 5.74) is 7.32. The Bertz CT molecular complexity index is 259. The van der Waals surface area contributed by atoms with Crippen molar-refractivity contribution in [1.29, 1.82) is 0 Å². The summed E-state index contributed by atoms with van der Waals surface area (Å²) < 4.78 is 23.5. The van der Waals surface area contributed by atoms with Crippen LogP contribution in [-0.4, -0.2) is 19.5 Å². The number of rotatable bonds is 5. The number of nitrogens with one attached hydrogen (secondary N) is 1. The molecule has 78 valence electrons. The quantitative estimate of drug-likeness (QED) is 0.560. The van der Waals surface area contributed by atoms with E-state index in [0.29, 0.717) is 12.2 Å². The van der Waals surface area contributed by atoms with Crippen molar-refractivity contribution < 1.29 is 8.78 Å². The van der Waals surface area contributed by atoms with Crippen LogP contribution in [0.5, 0.6) is 0 Å². The molecule has 0 amide bonds. The van der Waals surface area contributed by atoms with E-state index in [1.807, 2.05) is 24.3 Å². The summed E-state index contributed by atoms with van der Waals surface area (Å²) in [6.45, 7) is 0.323. The number of nitrogen functional groups attached to an aromatic ring is 1. The lowest BCUT2D eigenvalue weighted by molar-refractivity contribution is 0.146. The van der Waals surface area contributed by atoms with Crippen molar-refractivity contribution >= 4 is 5.69 Å². The first-order valence-corrected chi connectivity index (χ1v) is 4.52. The van der Waals surface area contributed by atoms with Gasteiger partial charge in [0.1, 0.15) is 0 Å². The van der Waals surface area contributed by atoms with Crippen molar-refractivity contribution in [2.45, 2.75) is 12.8 Å². The zero-order valence-corrected chi connectivity index (χ0v) is 7.84. The van der Waals surface area contributed by atoms with Gasteiger partial charge in [-0.05, 0) is 30.7 Å². The molecule has 0 unspecified atom stereocenters. The third-order valence-corrected chi connectivity index (χ3v) is 1.87. The minimum absolute atomic E-state index is 0.241. The predicted molar refractivity (Wildman–Crippen MR) is 53.4 cm³/mol. The van der Waals surface area contributed by atoms with Crippen LogP contribution in [0.4, 0.5) is 14.5 Å². The van der Waals surface area contributed by atoms with Crippen molar-refractivity contribution in [2.75, 3.05) is 18.8 Å². The average molecular weight is 200 g/mol. The van der Waals surface area contributed by atoms with Gasteiger partial charge in [0, 0.05) is 5.69 Å². The largest absolute Gasteiger partial charge is 0.399 e.